The molecule has 1 aromatic rings. The van der Waals surface area contributed by atoms with Gasteiger partial charge in [-0.15, -0.1) is 0 Å². The smallest absolute Gasteiger partial charge is 0.273 e. The summed E-state index contributed by atoms with van der Waals surface area (Å²) in [5.74, 6) is -0.157. The van der Waals surface area contributed by atoms with Crippen LogP contribution in [0.25, 0.3) is 0 Å². The summed E-state index contributed by atoms with van der Waals surface area (Å²) in [5, 5.41) is 20.8. The summed E-state index contributed by atoms with van der Waals surface area (Å²) in [7, 11) is 0. The highest BCUT2D eigenvalue weighted by atomic mass is 16.6. The largest absolute Gasteiger partial charge is 0.391 e. The lowest BCUT2D eigenvalue weighted by atomic mass is 9.97. The van der Waals surface area contributed by atoms with Crippen LogP contribution >= 0.6 is 0 Å². The minimum atomic E-state index is -0.583. The molecule has 0 radical (unpaired) electrons. The van der Waals surface area contributed by atoms with Crippen molar-refractivity contribution in [3.05, 3.63) is 39.9 Å². The molecule has 1 saturated heterocycles. The van der Waals surface area contributed by atoms with Gasteiger partial charge in [0.05, 0.1) is 23.5 Å². The Morgan fingerprint density at radius 1 is 1.48 bits per heavy atom. The van der Waals surface area contributed by atoms with Crippen molar-refractivity contribution < 1.29 is 14.8 Å². The standard InChI is InChI=1S/C15H20N2O4/c1-11(18)13-7-4-5-9-16(13)15(19)10-12-6-2-3-8-14(12)17(20)21/h2-3,6,8,11,13,18H,4-5,7,9-10H2,1H3/t11-,13+/m1/s1. The van der Waals surface area contributed by atoms with Crippen LogP contribution in [0.2, 0.25) is 0 Å². The van der Waals surface area contributed by atoms with Crippen LogP contribution in [0.4, 0.5) is 5.69 Å². The van der Waals surface area contributed by atoms with E-state index < -0.39 is 11.0 Å². The van der Waals surface area contributed by atoms with Gasteiger partial charge in [-0.3, -0.25) is 14.9 Å². The number of para-hydroxylation sites is 1. The van der Waals surface area contributed by atoms with Crippen LogP contribution in [0.5, 0.6) is 0 Å². The first kappa shape index (κ1) is 15.4. The molecule has 1 aromatic carbocycles. The van der Waals surface area contributed by atoms with Crippen molar-refractivity contribution >= 4 is 11.6 Å². The zero-order valence-electron chi connectivity index (χ0n) is 12.1. The van der Waals surface area contributed by atoms with Gasteiger partial charge in [0.1, 0.15) is 0 Å². The Bertz CT molecular complexity index is 530. The maximum absolute atomic E-state index is 12.4. The number of benzene rings is 1. The Labute approximate surface area is 123 Å². The molecular formula is C15H20N2O4. The van der Waals surface area contributed by atoms with Gasteiger partial charge in [-0.1, -0.05) is 18.2 Å². The fraction of sp³-hybridized carbons (Fsp3) is 0.533. The van der Waals surface area contributed by atoms with E-state index in [0.29, 0.717) is 12.1 Å². The van der Waals surface area contributed by atoms with Gasteiger partial charge in [0, 0.05) is 18.2 Å². The second kappa shape index (κ2) is 6.67. The van der Waals surface area contributed by atoms with Crippen LogP contribution in [0.1, 0.15) is 31.7 Å². The van der Waals surface area contributed by atoms with Gasteiger partial charge in [-0.2, -0.15) is 0 Å². The molecule has 1 aliphatic heterocycles. The molecule has 1 amide bonds. The van der Waals surface area contributed by atoms with E-state index in [0.717, 1.165) is 19.3 Å². The topological polar surface area (TPSA) is 83.7 Å². The number of aliphatic hydroxyl groups excluding tert-OH is 1. The summed E-state index contributed by atoms with van der Waals surface area (Å²) < 4.78 is 0. The van der Waals surface area contributed by atoms with Gasteiger partial charge in [0.25, 0.3) is 5.69 Å². The fourth-order valence-electron chi connectivity index (χ4n) is 2.87. The predicted octanol–water partition coefficient (Wildman–Crippen LogP) is 1.90. The summed E-state index contributed by atoms with van der Waals surface area (Å²) >= 11 is 0. The van der Waals surface area contributed by atoms with Crippen molar-refractivity contribution in [2.24, 2.45) is 0 Å². The van der Waals surface area contributed by atoms with E-state index in [9.17, 15) is 20.0 Å². The Morgan fingerprint density at radius 2 is 2.19 bits per heavy atom. The number of aliphatic hydroxyl groups is 1. The molecule has 6 nitrogen and oxygen atoms in total. The maximum Gasteiger partial charge on any atom is 0.273 e. The van der Waals surface area contributed by atoms with Crippen molar-refractivity contribution in [2.45, 2.75) is 44.8 Å². The number of hydrogen-bond donors (Lipinski definition) is 1. The van der Waals surface area contributed by atoms with Gasteiger partial charge in [0.15, 0.2) is 0 Å². The van der Waals surface area contributed by atoms with Crippen molar-refractivity contribution in [3.63, 3.8) is 0 Å². The van der Waals surface area contributed by atoms with E-state index in [1.807, 2.05) is 0 Å². The van der Waals surface area contributed by atoms with Gasteiger partial charge >= 0.3 is 0 Å². The van der Waals surface area contributed by atoms with Crippen molar-refractivity contribution in [1.29, 1.82) is 0 Å². The van der Waals surface area contributed by atoms with Gasteiger partial charge in [-0.05, 0) is 26.2 Å². The third kappa shape index (κ3) is 3.58. The second-order valence-corrected chi connectivity index (χ2v) is 5.45. The number of amides is 1. The third-order valence-corrected chi connectivity index (χ3v) is 3.96. The summed E-state index contributed by atoms with van der Waals surface area (Å²) in [6.45, 7) is 2.29. The number of nitro benzene ring substituents is 1. The van der Waals surface area contributed by atoms with Gasteiger partial charge in [0.2, 0.25) is 5.91 Å². The molecule has 0 unspecified atom stereocenters. The number of carbonyl (C=O) groups excluding carboxylic acids is 1. The lowest BCUT2D eigenvalue weighted by molar-refractivity contribution is -0.385. The first-order valence-electron chi connectivity index (χ1n) is 7.20. The van der Waals surface area contributed by atoms with E-state index >= 15 is 0 Å². The second-order valence-electron chi connectivity index (χ2n) is 5.45. The summed E-state index contributed by atoms with van der Waals surface area (Å²) in [4.78, 5) is 24.6. The number of nitro groups is 1. The summed E-state index contributed by atoms with van der Waals surface area (Å²) in [5.41, 5.74) is 0.388. The van der Waals surface area contributed by atoms with E-state index in [-0.39, 0.29) is 24.1 Å². The normalized spacial score (nSPS) is 20.1. The minimum Gasteiger partial charge on any atom is -0.391 e. The number of carbonyl (C=O) groups is 1. The molecule has 6 heteroatoms. The first-order chi connectivity index (χ1) is 10.0. The lowest BCUT2D eigenvalue weighted by Gasteiger charge is -2.37. The van der Waals surface area contributed by atoms with Crippen LogP contribution in [-0.4, -0.2) is 39.5 Å². The monoisotopic (exact) mass is 292 g/mol. The Balaban J connectivity index is 2.15. The Kier molecular flexibility index (Phi) is 4.90. The molecule has 1 N–H and O–H groups in total. The van der Waals surface area contributed by atoms with E-state index in [2.05, 4.69) is 0 Å². The van der Waals surface area contributed by atoms with Gasteiger partial charge in [-0.25, -0.2) is 0 Å². The molecule has 2 rings (SSSR count). The zero-order valence-corrected chi connectivity index (χ0v) is 12.1. The van der Waals surface area contributed by atoms with Crippen LogP contribution < -0.4 is 0 Å². The Hall–Kier alpha value is -1.95. The molecule has 0 aliphatic carbocycles. The maximum atomic E-state index is 12.4. The van der Waals surface area contributed by atoms with Crippen molar-refractivity contribution in [1.82, 2.24) is 4.90 Å². The molecule has 1 heterocycles. The molecule has 0 aromatic heterocycles. The predicted molar refractivity (Wildman–Crippen MR) is 77.8 cm³/mol. The average molecular weight is 292 g/mol. The number of piperidine rings is 1. The van der Waals surface area contributed by atoms with Gasteiger partial charge < -0.3 is 10.0 Å². The highest BCUT2D eigenvalue weighted by Crippen LogP contribution is 2.23. The van der Waals surface area contributed by atoms with Crippen LogP contribution in [-0.2, 0) is 11.2 Å². The number of hydrogen-bond acceptors (Lipinski definition) is 4. The quantitative estimate of drug-likeness (QED) is 0.678. The van der Waals surface area contributed by atoms with Crippen LogP contribution in [0.3, 0.4) is 0 Å². The molecule has 0 bridgehead atoms. The summed E-state index contributed by atoms with van der Waals surface area (Å²) in [6, 6.07) is 6.11. The molecule has 2 atom stereocenters. The van der Waals surface area contributed by atoms with E-state index in [1.165, 1.54) is 6.07 Å². The fourth-order valence-corrected chi connectivity index (χ4v) is 2.87. The summed E-state index contributed by atoms with van der Waals surface area (Å²) in [6.07, 6.45) is 2.09. The van der Waals surface area contributed by atoms with Crippen molar-refractivity contribution in [3.8, 4) is 0 Å². The highest BCUT2D eigenvalue weighted by Gasteiger charge is 2.30. The molecule has 114 valence electrons. The number of rotatable bonds is 4. The number of nitrogens with zero attached hydrogens (tertiary/aromatic N) is 2. The van der Waals surface area contributed by atoms with Crippen molar-refractivity contribution in [2.75, 3.05) is 6.54 Å². The third-order valence-electron chi connectivity index (χ3n) is 3.96. The minimum absolute atomic E-state index is 0.000370. The van der Waals surface area contributed by atoms with E-state index in [1.54, 1.807) is 30.0 Å². The highest BCUT2D eigenvalue weighted by molar-refractivity contribution is 5.80. The van der Waals surface area contributed by atoms with Crippen LogP contribution in [0, 0.1) is 10.1 Å². The molecule has 1 fully saturated rings. The first-order valence-corrected chi connectivity index (χ1v) is 7.20. The lowest BCUT2D eigenvalue weighted by Crippen LogP contribution is -2.49. The Morgan fingerprint density at radius 3 is 2.86 bits per heavy atom. The molecular weight excluding hydrogens is 272 g/mol. The number of likely N-dealkylation sites (tertiary alicyclic amines) is 1. The molecule has 1 aliphatic rings. The van der Waals surface area contributed by atoms with Crippen LogP contribution in [0.15, 0.2) is 24.3 Å². The average Bonchev–Trinajstić information content (AvgIpc) is 2.47. The van der Waals surface area contributed by atoms with E-state index in [4.69, 9.17) is 0 Å². The molecule has 21 heavy (non-hydrogen) atoms. The SMILES string of the molecule is C[C@@H](O)[C@@H]1CCCCN1C(=O)Cc1ccccc1[N+](=O)[O-]. The zero-order chi connectivity index (χ0) is 15.4. The molecule has 0 saturated carbocycles. The molecule has 0 spiro atoms.